The Hall–Kier alpha value is -2.88. The summed E-state index contributed by atoms with van der Waals surface area (Å²) in [5, 5.41) is 7.72. The number of carbonyl (C=O) groups is 1. The zero-order valence-electron chi connectivity index (χ0n) is 14.1. The Morgan fingerprint density at radius 3 is 2.40 bits per heavy atom. The average molecular weight is 331 g/mol. The van der Waals surface area contributed by atoms with E-state index in [0.717, 1.165) is 17.8 Å². The molecule has 0 radical (unpaired) electrons. The molecule has 0 unspecified atom stereocenters. The van der Waals surface area contributed by atoms with Gasteiger partial charge in [-0.05, 0) is 43.0 Å². The number of hydrogen-bond acceptors (Lipinski definition) is 2. The Morgan fingerprint density at radius 1 is 1.04 bits per heavy atom. The first-order valence-electron chi connectivity index (χ1n) is 8.79. The number of hydrogen-bond donors (Lipinski definition) is 1. The Kier molecular flexibility index (Phi) is 4.34. The van der Waals surface area contributed by atoms with Gasteiger partial charge in [-0.2, -0.15) is 5.10 Å². The molecule has 0 spiro atoms. The molecule has 0 saturated heterocycles. The van der Waals surface area contributed by atoms with Crippen LogP contribution in [0.1, 0.15) is 40.5 Å². The highest BCUT2D eigenvalue weighted by atomic mass is 16.2. The predicted octanol–water partition coefficient (Wildman–Crippen LogP) is 3.72. The van der Waals surface area contributed by atoms with E-state index in [0.29, 0.717) is 18.2 Å². The average Bonchev–Trinajstić information content (AvgIpc) is 3.41. The van der Waals surface area contributed by atoms with E-state index in [9.17, 15) is 4.79 Å². The molecular weight excluding hydrogens is 310 g/mol. The lowest BCUT2D eigenvalue weighted by Crippen LogP contribution is -2.27. The van der Waals surface area contributed by atoms with Crippen molar-refractivity contribution in [3.63, 3.8) is 0 Å². The molecule has 1 aromatic heterocycles. The number of amides is 1. The van der Waals surface area contributed by atoms with E-state index < -0.39 is 0 Å². The lowest BCUT2D eigenvalue weighted by atomic mass is 10.1. The van der Waals surface area contributed by atoms with Gasteiger partial charge in [0.25, 0.3) is 5.91 Å². The minimum absolute atomic E-state index is 0.0702. The van der Waals surface area contributed by atoms with E-state index >= 15 is 0 Å². The van der Waals surface area contributed by atoms with Gasteiger partial charge in [-0.3, -0.25) is 4.79 Å². The molecule has 4 nitrogen and oxygen atoms in total. The van der Waals surface area contributed by atoms with Crippen LogP contribution in [0.5, 0.6) is 0 Å². The van der Waals surface area contributed by atoms with Gasteiger partial charge in [0.15, 0.2) is 0 Å². The summed E-state index contributed by atoms with van der Waals surface area (Å²) in [6, 6.07) is 22.0. The van der Waals surface area contributed by atoms with Gasteiger partial charge in [-0.25, -0.2) is 4.68 Å². The zero-order valence-corrected chi connectivity index (χ0v) is 14.1. The Labute approximate surface area is 147 Å². The Bertz CT molecular complexity index is 851. The van der Waals surface area contributed by atoms with Crippen LogP contribution >= 0.6 is 0 Å². The quantitative estimate of drug-likeness (QED) is 0.748. The number of rotatable bonds is 6. The highest BCUT2D eigenvalue weighted by Crippen LogP contribution is 2.39. The van der Waals surface area contributed by atoms with Crippen molar-refractivity contribution in [2.75, 3.05) is 6.54 Å². The van der Waals surface area contributed by atoms with Gasteiger partial charge >= 0.3 is 0 Å². The van der Waals surface area contributed by atoms with Crippen LogP contribution in [0.2, 0.25) is 0 Å². The normalized spacial score (nSPS) is 13.6. The SMILES string of the molecule is O=C(NCCc1ccccc1)c1cc(C2CC2)nn1-c1ccccc1. The van der Waals surface area contributed by atoms with E-state index in [-0.39, 0.29) is 5.91 Å². The molecule has 4 heteroatoms. The van der Waals surface area contributed by atoms with Crippen molar-refractivity contribution in [3.05, 3.63) is 83.7 Å². The van der Waals surface area contributed by atoms with Crippen LogP contribution in [0.4, 0.5) is 0 Å². The molecule has 1 N–H and O–H groups in total. The molecule has 3 aromatic rings. The van der Waals surface area contributed by atoms with Crippen LogP contribution in [-0.2, 0) is 6.42 Å². The summed E-state index contributed by atoms with van der Waals surface area (Å²) in [5.74, 6) is 0.444. The third-order valence-corrected chi connectivity index (χ3v) is 4.50. The maximum Gasteiger partial charge on any atom is 0.270 e. The molecule has 2 aromatic carbocycles. The van der Waals surface area contributed by atoms with Crippen molar-refractivity contribution >= 4 is 5.91 Å². The van der Waals surface area contributed by atoms with E-state index in [2.05, 4.69) is 22.5 Å². The van der Waals surface area contributed by atoms with Crippen molar-refractivity contribution < 1.29 is 4.79 Å². The van der Waals surface area contributed by atoms with Crippen LogP contribution in [0.3, 0.4) is 0 Å². The minimum atomic E-state index is -0.0702. The lowest BCUT2D eigenvalue weighted by molar-refractivity contribution is 0.0946. The van der Waals surface area contributed by atoms with Crippen LogP contribution in [0.25, 0.3) is 5.69 Å². The van der Waals surface area contributed by atoms with Crippen molar-refractivity contribution in [2.24, 2.45) is 0 Å². The fraction of sp³-hybridized carbons (Fsp3) is 0.238. The number of para-hydroxylation sites is 1. The second-order valence-corrected chi connectivity index (χ2v) is 6.47. The fourth-order valence-corrected chi connectivity index (χ4v) is 2.96. The second-order valence-electron chi connectivity index (χ2n) is 6.47. The van der Waals surface area contributed by atoms with Crippen LogP contribution in [0, 0.1) is 0 Å². The molecule has 1 aliphatic carbocycles. The zero-order chi connectivity index (χ0) is 17.1. The van der Waals surface area contributed by atoms with Crippen molar-refractivity contribution in [1.82, 2.24) is 15.1 Å². The molecule has 25 heavy (non-hydrogen) atoms. The van der Waals surface area contributed by atoms with Crippen LogP contribution < -0.4 is 5.32 Å². The minimum Gasteiger partial charge on any atom is -0.350 e. The number of carbonyl (C=O) groups excluding carboxylic acids is 1. The molecule has 0 aliphatic heterocycles. The first-order valence-corrected chi connectivity index (χ1v) is 8.79. The smallest absolute Gasteiger partial charge is 0.270 e. The molecule has 1 aliphatic rings. The monoisotopic (exact) mass is 331 g/mol. The number of aromatic nitrogens is 2. The molecule has 0 atom stereocenters. The van der Waals surface area contributed by atoms with Crippen molar-refractivity contribution in [1.29, 1.82) is 0 Å². The summed E-state index contributed by atoms with van der Waals surface area (Å²) >= 11 is 0. The third kappa shape index (κ3) is 3.63. The highest BCUT2D eigenvalue weighted by molar-refractivity contribution is 5.93. The van der Waals surface area contributed by atoms with Crippen LogP contribution in [0.15, 0.2) is 66.7 Å². The number of nitrogens with zero attached hydrogens (tertiary/aromatic N) is 2. The van der Waals surface area contributed by atoms with E-state index in [1.807, 2.05) is 54.6 Å². The summed E-state index contributed by atoms with van der Waals surface area (Å²) in [6.07, 6.45) is 3.16. The number of benzene rings is 2. The van der Waals surface area contributed by atoms with Gasteiger partial charge in [0, 0.05) is 12.5 Å². The Balaban J connectivity index is 1.51. The molecule has 1 heterocycles. The maximum absolute atomic E-state index is 12.7. The van der Waals surface area contributed by atoms with Gasteiger partial charge in [0.1, 0.15) is 5.69 Å². The van der Waals surface area contributed by atoms with E-state index in [1.54, 1.807) is 4.68 Å². The Morgan fingerprint density at radius 2 is 1.72 bits per heavy atom. The van der Waals surface area contributed by atoms with E-state index in [4.69, 9.17) is 0 Å². The fourth-order valence-electron chi connectivity index (χ4n) is 2.96. The third-order valence-electron chi connectivity index (χ3n) is 4.50. The topological polar surface area (TPSA) is 46.9 Å². The first-order chi connectivity index (χ1) is 12.3. The summed E-state index contributed by atoms with van der Waals surface area (Å²) < 4.78 is 1.77. The molecule has 1 saturated carbocycles. The van der Waals surface area contributed by atoms with Gasteiger partial charge < -0.3 is 5.32 Å². The van der Waals surface area contributed by atoms with Crippen molar-refractivity contribution in [3.8, 4) is 5.69 Å². The van der Waals surface area contributed by atoms with Gasteiger partial charge in [0.05, 0.1) is 11.4 Å². The maximum atomic E-state index is 12.7. The second kappa shape index (κ2) is 6.93. The van der Waals surface area contributed by atoms with Gasteiger partial charge in [0.2, 0.25) is 0 Å². The number of nitrogens with one attached hydrogen (secondary N) is 1. The van der Waals surface area contributed by atoms with Gasteiger partial charge in [-0.15, -0.1) is 0 Å². The predicted molar refractivity (Wildman–Crippen MR) is 98.0 cm³/mol. The summed E-state index contributed by atoms with van der Waals surface area (Å²) in [4.78, 5) is 12.7. The molecule has 0 bridgehead atoms. The summed E-state index contributed by atoms with van der Waals surface area (Å²) in [6.45, 7) is 0.613. The molecule has 1 fully saturated rings. The van der Waals surface area contributed by atoms with Gasteiger partial charge in [-0.1, -0.05) is 48.5 Å². The lowest BCUT2D eigenvalue weighted by Gasteiger charge is -2.08. The summed E-state index contributed by atoms with van der Waals surface area (Å²) in [7, 11) is 0. The standard InChI is InChI=1S/C21H21N3O/c25-21(22-14-13-16-7-3-1-4-8-16)20-15-19(17-11-12-17)23-24(20)18-9-5-2-6-10-18/h1-10,15,17H,11-14H2,(H,22,25). The first kappa shape index (κ1) is 15.6. The molecule has 1 amide bonds. The highest BCUT2D eigenvalue weighted by Gasteiger charge is 2.28. The molecular formula is C21H21N3O. The molecule has 4 rings (SSSR count). The summed E-state index contributed by atoms with van der Waals surface area (Å²) in [5.41, 5.74) is 3.78. The molecule has 126 valence electrons. The largest absolute Gasteiger partial charge is 0.350 e. The van der Waals surface area contributed by atoms with Crippen molar-refractivity contribution in [2.45, 2.75) is 25.2 Å². The van der Waals surface area contributed by atoms with Crippen LogP contribution in [-0.4, -0.2) is 22.2 Å². The van der Waals surface area contributed by atoms with E-state index in [1.165, 1.54) is 18.4 Å².